The minimum atomic E-state index is 0.538. The Hall–Kier alpha value is 2.88. The molecule has 0 fully saturated rings. The zero-order valence-corrected chi connectivity index (χ0v) is 17.6. The Morgan fingerprint density at radius 3 is 1.33 bits per heavy atom. The Labute approximate surface area is 143 Å². The Morgan fingerprint density at radius 1 is 0.667 bits per heavy atom. The quantitative estimate of drug-likeness (QED) is 0.306. The minimum absolute atomic E-state index is 0.538. The highest BCUT2D eigenvalue weighted by atomic mass is 79.9. The molecule has 0 aliphatic heterocycles. The summed E-state index contributed by atoms with van der Waals surface area (Å²) in [5.74, 6) is 0.674. The largest absolute Gasteiger partial charge is 0.0916 e. The standard InChI is InChI=1S/C9H14Br6/c10-3-7(13)1-6(9(15)5-12)2-8(14)4-11/h6-9H,1-5H2. The summed E-state index contributed by atoms with van der Waals surface area (Å²) in [6.07, 6.45) is 2.36. The second-order valence-corrected chi connectivity index (χ2v) is 9.11. The van der Waals surface area contributed by atoms with E-state index in [0.717, 1.165) is 16.0 Å². The first-order valence-corrected chi connectivity index (χ1v) is 10.8. The third-order valence-corrected chi connectivity index (χ3v) is 9.44. The molecule has 0 radical (unpaired) electrons. The third-order valence-electron chi connectivity index (χ3n) is 2.11. The lowest BCUT2D eigenvalue weighted by Crippen LogP contribution is -2.23. The molecule has 3 unspecified atom stereocenters. The fraction of sp³-hybridized carbons (Fsp3) is 1.00. The summed E-state index contributed by atoms with van der Waals surface area (Å²) < 4.78 is 0. The van der Waals surface area contributed by atoms with Gasteiger partial charge in [-0.25, -0.2) is 0 Å². The molecule has 0 saturated heterocycles. The van der Waals surface area contributed by atoms with Gasteiger partial charge in [-0.2, -0.15) is 0 Å². The molecule has 0 amide bonds. The SMILES string of the molecule is BrCC(Br)CC(CC(Br)CBr)C(Br)CBr. The fourth-order valence-electron chi connectivity index (χ4n) is 1.30. The van der Waals surface area contributed by atoms with E-state index in [9.17, 15) is 0 Å². The Balaban J connectivity index is 4.17. The van der Waals surface area contributed by atoms with Crippen molar-refractivity contribution in [2.24, 2.45) is 5.92 Å². The monoisotopic (exact) mass is 596 g/mol. The van der Waals surface area contributed by atoms with Crippen molar-refractivity contribution in [3.05, 3.63) is 0 Å². The highest BCUT2D eigenvalue weighted by Crippen LogP contribution is 2.30. The van der Waals surface area contributed by atoms with E-state index in [1.807, 2.05) is 0 Å². The molecule has 0 heterocycles. The van der Waals surface area contributed by atoms with Crippen molar-refractivity contribution in [2.75, 3.05) is 16.0 Å². The molecule has 6 heteroatoms. The molecule has 0 aromatic heterocycles. The molecule has 0 saturated carbocycles. The van der Waals surface area contributed by atoms with Crippen LogP contribution in [0.25, 0.3) is 0 Å². The van der Waals surface area contributed by atoms with Crippen LogP contribution < -0.4 is 0 Å². The van der Waals surface area contributed by atoms with Gasteiger partial charge in [0.2, 0.25) is 0 Å². The van der Waals surface area contributed by atoms with Gasteiger partial charge >= 0.3 is 0 Å². The highest BCUT2D eigenvalue weighted by Gasteiger charge is 2.23. The summed E-state index contributed by atoms with van der Waals surface area (Å²) in [5.41, 5.74) is 0. The predicted octanol–water partition coefficient (Wildman–Crippen LogP) is 5.86. The summed E-state index contributed by atoms with van der Waals surface area (Å²) >= 11 is 21.6. The summed E-state index contributed by atoms with van der Waals surface area (Å²) in [6, 6.07) is 0. The average Bonchev–Trinajstić information content (AvgIpc) is 2.26. The molecule has 0 rings (SSSR count). The fourth-order valence-corrected chi connectivity index (χ4v) is 3.75. The van der Waals surface area contributed by atoms with E-state index >= 15 is 0 Å². The molecular weight excluding hydrogens is 588 g/mol. The molecule has 0 nitrogen and oxygen atoms in total. The van der Waals surface area contributed by atoms with Crippen LogP contribution in [0.3, 0.4) is 0 Å². The molecule has 3 atom stereocenters. The Morgan fingerprint density at radius 2 is 1.07 bits per heavy atom. The van der Waals surface area contributed by atoms with Gasteiger partial charge in [-0.3, -0.25) is 0 Å². The van der Waals surface area contributed by atoms with Crippen LogP contribution in [-0.4, -0.2) is 30.5 Å². The summed E-state index contributed by atoms with van der Waals surface area (Å²) in [6.45, 7) is 0. The maximum atomic E-state index is 3.74. The van der Waals surface area contributed by atoms with Gasteiger partial charge in [0.1, 0.15) is 0 Å². The van der Waals surface area contributed by atoms with Crippen molar-refractivity contribution < 1.29 is 0 Å². The van der Waals surface area contributed by atoms with Gasteiger partial charge in [0, 0.05) is 30.5 Å². The first kappa shape index (κ1) is 17.9. The maximum Gasteiger partial charge on any atom is 0.0271 e. The van der Waals surface area contributed by atoms with Crippen molar-refractivity contribution in [2.45, 2.75) is 27.3 Å². The van der Waals surface area contributed by atoms with E-state index in [0.29, 0.717) is 20.4 Å². The smallest absolute Gasteiger partial charge is 0.0271 e. The van der Waals surface area contributed by atoms with Crippen LogP contribution in [0.1, 0.15) is 12.8 Å². The number of rotatable bonds is 8. The van der Waals surface area contributed by atoms with E-state index in [1.54, 1.807) is 0 Å². The molecular formula is C9H14Br6. The van der Waals surface area contributed by atoms with E-state index in [2.05, 4.69) is 95.6 Å². The second kappa shape index (κ2) is 10.8. The van der Waals surface area contributed by atoms with Crippen LogP contribution in [0.5, 0.6) is 0 Å². The third kappa shape index (κ3) is 8.57. The Kier molecular flexibility index (Phi) is 12.8. The van der Waals surface area contributed by atoms with Gasteiger partial charge in [0.25, 0.3) is 0 Å². The lowest BCUT2D eigenvalue weighted by molar-refractivity contribution is 0.463. The van der Waals surface area contributed by atoms with Crippen LogP contribution in [0.15, 0.2) is 0 Å². The van der Waals surface area contributed by atoms with Gasteiger partial charge in [-0.15, -0.1) is 0 Å². The van der Waals surface area contributed by atoms with Crippen LogP contribution in [0, 0.1) is 5.92 Å². The van der Waals surface area contributed by atoms with E-state index in [4.69, 9.17) is 0 Å². The predicted molar refractivity (Wildman–Crippen MR) is 92.3 cm³/mol. The molecule has 0 N–H and O–H groups in total. The second-order valence-electron chi connectivity index (χ2n) is 3.40. The van der Waals surface area contributed by atoms with E-state index in [-0.39, 0.29) is 0 Å². The normalized spacial score (nSPS) is 19.6. The molecule has 0 aromatic rings. The molecule has 15 heavy (non-hydrogen) atoms. The summed E-state index contributed by atoms with van der Waals surface area (Å²) in [5, 5.41) is 3.02. The lowest BCUT2D eigenvalue weighted by Gasteiger charge is -2.24. The van der Waals surface area contributed by atoms with Gasteiger partial charge in [-0.05, 0) is 18.8 Å². The van der Waals surface area contributed by atoms with E-state index in [1.165, 1.54) is 12.8 Å². The molecule has 0 aromatic carbocycles. The van der Waals surface area contributed by atoms with Crippen molar-refractivity contribution in [1.29, 1.82) is 0 Å². The first-order valence-electron chi connectivity index (χ1n) is 4.65. The minimum Gasteiger partial charge on any atom is -0.0916 e. The molecule has 0 spiro atoms. The van der Waals surface area contributed by atoms with Gasteiger partial charge in [0.05, 0.1) is 0 Å². The van der Waals surface area contributed by atoms with Crippen molar-refractivity contribution >= 4 is 95.6 Å². The van der Waals surface area contributed by atoms with Crippen molar-refractivity contribution in [3.8, 4) is 0 Å². The topological polar surface area (TPSA) is 0 Å². The summed E-state index contributed by atoms with van der Waals surface area (Å²) in [4.78, 5) is 1.64. The first-order chi connectivity index (χ1) is 7.04. The van der Waals surface area contributed by atoms with E-state index < -0.39 is 0 Å². The summed E-state index contributed by atoms with van der Waals surface area (Å²) in [7, 11) is 0. The van der Waals surface area contributed by atoms with Gasteiger partial charge in [0.15, 0.2) is 0 Å². The highest BCUT2D eigenvalue weighted by molar-refractivity contribution is 9.12. The number of alkyl halides is 6. The van der Waals surface area contributed by atoms with Crippen LogP contribution in [-0.2, 0) is 0 Å². The molecule has 0 aliphatic rings. The molecule has 92 valence electrons. The van der Waals surface area contributed by atoms with Crippen LogP contribution >= 0.6 is 95.6 Å². The molecule has 0 bridgehead atoms. The number of halogens is 6. The number of hydrogen-bond donors (Lipinski definition) is 0. The zero-order valence-electron chi connectivity index (χ0n) is 8.11. The van der Waals surface area contributed by atoms with Crippen LogP contribution in [0.2, 0.25) is 0 Å². The zero-order chi connectivity index (χ0) is 11.8. The number of hydrogen-bond acceptors (Lipinski definition) is 0. The van der Waals surface area contributed by atoms with Gasteiger partial charge < -0.3 is 0 Å². The van der Waals surface area contributed by atoms with Gasteiger partial charge in [-0.1, -0.05) is 95.6 Å². The van der Waals surface area contributed by atoms with Crippen LogP contribution in [0.4, 0.5) is 0 Å². The van der Waals surface area contributed by atoms with Crippen molar-refractivity contribution in [1.82, 2.24) is 0 Å². The lowest BCUT2D eigenvalue weighted by atomic mass is 9.95. The van der Waals surface area contributed by atoms with Crippen molar-refractivity contribution in [3.63, 3.8) is 0 Å². The molecule has 0 aliphatic carbocycles. The Bertz CT molecular complexity index is 142. The average molecular weight is 602 g/mol. The maximum absolute atomic E-state index is 3.74.